The van der Waals surface area contributed by atoms with Gasteiger partial charge in [-0.05, 0) is 17.8 Å². The highest BCUT2D eigenvalue weighted by atomic mass is 16.5. The summed E-state index contributed by atoms with van der Waals surface area (Å²) in [7, 11) is 1.45. The van der Waals surface area contributed by atoms with Crippen molar-refractivity contribution < 1.29 is 24.7 Å². The Balaban J connectivity index is 5.67. The van der Waals surface area contributed by atoms with Gasteiger partial charge in [0.25, 0.3) is 5.91 Å². The maximum absolute atomic E-state index is 12.7. The molecule has 3 amide bonds. The van der Waals surface area contributed by atoms with Crippen molar-refractivity contribution in [2.24, 2.45) is 17.3 Å². The van der Waals surface area contributed by atoms with E-state index < -0.39 is 40.7 Å². The standard InChI is InChI=1S/C16H31N3O5/c1-9(2)8-16(23,10(3)12(20)19-24)14(22)18-11(13(21)17-7)15(4,5)6/h9-11,23-24H,8H2,1-7H3,(H,17,21)(H,18,22)(H,19,20)/t10?,11-,16+/m1/s1. The van der Waals surface area contributed by atoms with E-state index in [-0.39, 0.29) is 12.3 Å². The number of carbonyl (C=O) groups is 3. The zero-order valence-electron chi connectivity index (χ0n) is 15.6. The fraction of sp³-hybridized carbons (Fsp3) is 0.812. The molecule has 0 aromatic carbocycles. The number of aliphatic hydroxyl groups is 1. The molecule has 1 unspecified atom stereocenters. The molecule has 0 heterocycles. The number of rotatable bonds is 7. The topological polar surface area (TPSA) is 128 Å². The molecule has 0 aliphatic heterocycles. The summed E-state index contributed by atoms with van der Waals surface area (Å²) in [6.45, 7) is 10.3. The first-order valence-corrected chi connectivity index (χ1v) is 8.00. The Morgan fingerprint density at radius 2 is 1.54 bits per heavy atom. The Kier molecular flexibility index (Phi) is 7.85. The van der Waals surface area contributed by atoms with Crippen LogP contribution < -0.4 is 16.1 Å². The van der Waals surface area contributed by atoms with Crippen LogP contribution in [0.1, 0.15) is 48.0 Å². The van der Waals surface area contributed by atoms with Crippen LogP contribution in [-0.4, -0.2) is 46.7 Å². The van der Waals surface area contributed by atoms with E-state index >= 15 is 0 Å². The van der Waals surface area contributed by atoms with Crippen LogP contribution in [-0.2, 0) is 14.4 Å². The zero-order valence-corrected chi connectivity index (χ0v) is 15.6. The molecule has 0 saturated carbocycles. The maximum Gasteiger partial charge on any atom is 0.253 e. The average molecular weight is 345 g/mol. The van der Waals surface area contributed by atoms with Crippen LogP contribution in [0.5, 0.6) is 0 Å². The minimum absolute atomic E-state index is 0.00196. The van der Waals surface area contributed by atoms with Crippen molar-refractivity contribution in [2.45, 2.75) is 59.6 Å². The lowest BCUT2D eigenvalue weighted by Crippen LogP contribution is -2.62. The summed E-state index contributed by atoms with van der Waals surface area (Å²) >= 11 is 0. The van der Waals surface area contributed by atoms with E-state index in [1.807, 2.05) is 0 Å². The van der Waals surface area contributed by atoms with E-state index in [0.717, 1.165) is 0 Å². The molecule has 0 spiro atoms. The second-order valence-corrected chi connectivity index (χ2v) is 7.61. The van der Waals surface area contributed by atoms with E-state index in [0.29, 0.717) is 0 Å². The minimum atomic E-state index is -2.06. The number of hydrogen-bond donors (Lipinski definition) is 5. The first-order valence-electron chi connectivity index (χ1n) is 8.00. The predicted octanol–water partition coefficient (Wildman–Crippen LogP) is 0.182. The van der Waals surface area contributed by atoms with Gasteiger partial charge in [-0.1, -0.05) is 41.5 Å². The van der Waals surface area contributed by atoms with Crippen molar-refractivity contribution in [2.75, 3.05) is 7.05 Å². The van der Waals surface area contributed by atoms with E-state index in [2.05, 4.69) is 10.6 Å². The van der Waals surface area contributed by atoms with Gasteiger partial charge in [0, 0.05) is 7.05 Å². The molecule has 8 heteroatoms. The maximum atomic E-state index is 12.7. The van der Waals surface area contributed by atoms with Crippen LogP contribution >= 0.6 is 0 Å². The monoisotopic (exact) mass is 345 g/mol. The number of hydrogen-bond acceptors (Lipinski definition) is 5. The molecular formula is C16H31N3O5. The molecular weight excluding hydrogens is 314 g/mol. The molecule has 3 atom stereocenters. The van der Waals surface area contributed by atoms with E-state index in [1.54, 1.807) is 34.6 Å². The van der Waals surface area contributed by atoms with Crippen LogP contribution in [0.2, 0.25) is 0 Å². The third-order valence-corrected chi connectivity index (χ3v) is 3.98. The summed E-state index contributed by atoms with van der Waals surface area (Å²) in [5.41, 5.74) is -1.20. The van der Waals surface area contributed by atoms with Gasteiger partial charge in [-0.15, -0.1) is 0 Å². The van der Waals surface area contributed by atoms with Crippen molar-refractivity contribution in [1.82, 2.24) is 16.1 Å². The molecule has 0 aliphatic carbocycles. The fourth-order valence-corrected chi connectivity index (χ4v) is 2.48. The number of likely N-dealkylation sites (N-methyl/N-ethyl adjacent to an activating group) is 1. The summed E-state index contributed by atoms with van der Waals surface area (Å²) in [4.78, 5) is 36.6. The fourth-order valence-electron chi connectivity index (χ4n) is 2.48. The molecule has 0 bridgehead atoms. The first kappa shape index (κ1) is 22.3. The third kappa shape index (κ3) is 5.45. The van der Waals surface area contributed by atoms with Crippen molar-refractivity contribution in [1.29, 1.82) is 0 Å². The SMILES string of the molecule is CNC(=O)[C@@H](NC(=O)[C@](O)(CC(C)C)C(C)C(=O)NO)C(C)(C)C. The predicted molar refractivity (Wildman–Crippen MR) is 89.0 cm³/mol. The van der Waals surface area contributed by atoms with Gasteiger partial charge in [0.2, 0.25) is 11.8 Å². The molecule has 0 aromatic heterocycles. The van der Waals surface area contributed by atoms with Gasteiger partial charge in [0.1, 0.15) is 6.04 Å². The van der Waals surface area contributed by atoms with Crippen LogP contribution in [0, 0.1) is 17.3 Å². The minimum Gasteiger partial charge on any atom is -0.379 e. The van der Waals surface area contributed by atoms with Gasteiger partial charge in [0.05, 0.1) is 5.92 Å². The highest BCUT2D eigenvalue weighted by Gasteiger charge is 2.47. The summed E-state index contributed by atoms with van der Waals surface area (Å²) < 4.78 is 0. The average Bonchev–Trinajstić information content (AvgIpc) is 2.47. The summed E-state index contributed by atoms with van der Waals surface area (Å²) in [5, 5.41) is 24.7. The first-order chi connectivity index (χ1) is 10.8. The Labute approximate surface area is 143 Å². The molecule has 5 N–H and O–H groups in total. The zero-order chi connectivity index (χ0) is 19.3. The smallest absolute Gasteiger partial charge is 0.253 e. The van der Waals surface area contributed by atoms with Gasteiger partial charge >= 0.3 is 0 Å². The second kappa shape index (κ2) is 8.43. The number of hydroxylamine groups is 1. The van der Waals surface area contributed by atoms with Crippen LogP contribution in [0.3, 0.4) is 0 Å². The number of nitrogens with one attached hydrogen (secondary N) is 3. The summed E-state index contributed by atoms with van der Waals surface area (Å²) in [6, 6.07) is -0.891. The van der Waals surface area contributed by atoms with Crippen molar-refractivity contribution in [3.8, 4) is 0 Å². The second-order valence-electron chi connectivity index (χ2n) is 7.61. The van der Waals surface area contributed by atoms with Gasteiger partial charge < -0.3 is 15.7 Å². The largest absolute Gasteiger partial charge is 0.379 e. The molecule has 0 radical (unpaired) electrons. The summed E-state index contributed by atoms with van der Waals surface area (Å²) in [5.74, 6) is -3.39. The third-order valence-electron chi connectivity index (χ3n) is 3.98. The van der Waals surface area contributed by atoms with E-state index in [1.165, 1.54) is 19.5 Å². The summed E-state index contributed by atoms with van der Waals surface area (Å²) in [6.07, 6.45) is -0.00196. The Morgan fingerprint density at radius 3 is 1.88 bits per heavy atom. The quantitative estimate of drug-likeness (QED) is 0.332. The van der Waals surface area contributed by atoms with Crippen LogP contribution in [0.25, 0.3) is 0 Å². The highest BCUT2D eigenvalue weighted by Crippen LogP contribution is 2.28. The van der Waals surface area contributed by atoms with Crippen molar-refractivity contribution in [3.63, 3.8) is 0 Å². The highest BCUT2D eigenvalue weighted by molar-refractivity contribution is 5.95. The lowest BCUT2D eigenvalue weighted by atomic mass is 9.79. The normalized spacial score (nSPS) is 16.8. The Hall–Kier alpha value is -1.67. The van der Waals surface area contributed by atoms with Crippen molar-refractivity contribution >= 4 is 17.7 Å². The lowest BCUT2D eigenvalue weighted by molar-refractivity contribution is -0.159. The molecule has 8 nitrogen and oxygen atoms in total. The molecule has 140 valence electrons. The number of amides is 3. The molecule has 0 aromatic rings. The van der Waals surface area contributed by atoms with Crippen LogP contribution in [0.4, 0.5) is 0 Å². The van der Waals surface area contributed by atoms with Crippen LogP contribution in [0.15, 0.2) is 0 Å². The molecule has 0 fully saturated rings. The molecule has 0 aliphatic rings. The molecule has 0 rings (SSSR count). The van der Waals surface area contributed by atoms with Gasteiger partial charge in [-0.25, -0.2) is 5.48 Å². The van der Waals surface area contributed by atoms with Crippen molar-refractivity contribution in [3.05, 3.63) is 0 Å². The number of carbonyl (C=O) groups excluding carboxylic acids is 3. The van der Waals surface area contributed by atoms with Gasteiger partial charge in [-0.3, -0.25) is 19.6 Å². The van der Waals surface area contributed by atoms with Gasteiger partial charge in [0.15, 0.2) is 5.60 Å². The van der Waals surface area contributed by atoms with E-state index in [9.17, 15) is 19.5 Å². The van der Waals surface area contributed by atoms with E-state index in [4.69, 9.17) is 5.21 Å². The van der Waals surface area contributed by atoms with Gasteiger partial charge in [-0.2, -0.15) is 0 Å². The molecule has 24 heavy (non-hydrogen) atoms. The lowest BCUT2D eigenvalue weighted by Gasteiger charge is -2.37. The Morgan fingerprint density at radius 1 is 1.04 bits per heavy atom. The molecule has 0 saturated heterocycles. The Bertz CT molecular complexity index is 473.